The summed E-state index contributed by atoms with van der Waals surface area (Å²) in [6.45, 7) is 0. The maximum absolute atomic E-state index is 12.8. The first-order valence-electron chi connectivity index (χ1n) is 7.04. The second-order valence-corrected chi connectivity index (χ2v) is 5.28. The molecule has 3 aromatic rings. The van der Waals surface area contributed by atoms with Gasteiger partial charge in [0.05, 0.1) is 10.7 Å². The van der Waals surface area contributed by atoms with Crippen molar-refractivity contribution in [2.75, 3.05) is 10.6 Å². The second-order valence-electron chi connectivity index (χ2n) is 4.87. The van der Waals surface area contributed by atoms with Gasteiger partial charge in [-0.3, -0.25) is 4.79 Å². The third-order valence-corrected chi connectivity index (χ3v) is 3.47. The van der Waals surface area contributed by atoms with Gasteiger partial charge in [0.2, 0.25) is 0 Å². The van der Waals surface area contributed by atoms with Crippen molar-refractivity contribution in [2.24, 2.45) is 0 Å². The lowest BCUT2D eigenvalue weighted by Gasteiger charge is -2.07. The molecule has 1 aromatic heterocycles. The van der Waals surface area contributed by atoms with E-state index >= 15 is 0 Å². The van der Waals surface area contributed by atoms with E-state index in [1.165, 1.54) is 30.3 Å². The fraction of sp³-hybridized carbons (Fsp3) is 0. The Labute approximate surface area is 142 Å². The summed E-state index contributed by atoms with van der Waals surface area (Å²) in [7, 11) is 0. The van der Waals surface area contributed by atoms with Gasteiger partial charge < -0.3 is 10.6 Å². The van der Waals surface area contributed by atoms with Crippen molar-refractivity contribution in [3.8, 4) is 0 Å². The average Bonchev–Trinajstić information content (AvgIpc) is 2.59. The highest BCUT2D eigenvalue weighted by atomic mass is 35.5. The molecule has 24 heavy (non-hydrogen) atoms. The Balaban J connectivity index is 1.68. The maximum Gasteiger partial charge on any atom is 0.276 e. The van der Waals surface area contributed by atoms with E-state index in [1.807, 2.05) is 12.1 Å². The molecule has 0 bridgehead atoms. The van der Waals surface area contributed by atoms with Crippen molar-refractivity contribution in [3.05, 3.63) is 77.2 Å². The fourth-order valence-electron chi connectivity index (χ4n) is 1.95. The van der Waals surface area contributed by atoms with Gasteiger partial charge in [0.1, 0.15) is 5.82 Å². The Morgan fingerprint density at radius 1 is 0.958 bits per heavy atom. The van der Waals surface area contributed by atoms with E-state index in [4.69, 9.17) is 11.6 Å². The number of rotatable bonds is 4. The molecule has 0 aliphatic carbocycles. The van der Waals surface area contributed by atoms with Crippen LogP contribution in [-0.4, -0.2) is 16.1 Å². The summed E-state index contributed by atoms with van der Waals surface area (Å²) in [6.07, 6.45) is 0. The van der Waals surface area contributed by atoms with E-state index in [9.17, 15) is 9.18 Å². The molecule has 0 radical (unpaired) electrons. The number of nitrogens with one attached hydrogen (secondary N) is 2. The molecular weight excluding hydrogens is 331 g/mol. The minimum atomic E-state index is -0.432. The van der Waals surface area contributed by atoms with Gasteiger partial charge in [0.15, 0.2) is 11.5 Å². The third kappa shape index (κ3) is 3.85. The Morgan fingerprint density at radius 2 is 1.71 bits per heavy atom. The van der Waals surface area contributed by atoms with Gasteiger partial charge in [-0.15, -0.1) is 10.2 Å². The summed E-state index contributed by atoms with van der Waals surface area (Å²) in [5.74, 6) is -0.345. The first-order valence-corrected chi connectivity index (χ1v) is 7.42. The van der Waals surface area contributed by atoms with Crippen LogP contribution in [0.3, 0.4) is 0 Å². The van der Waals surface area contributed by atoms with E-state index in [0.717, 1.165) is 0 Å². The van der Waals surface area contributed by atoms with Gasteiger partial charge in [0, 0.05) is 5.69 Å². The maximum atomic E-state index is 12.8. The van der Waals surface area contributed by atoms with Gasteiger partial charge in [-0.1, -0.05) is 23.7 Å². The molecule has 0 atom stereocenters. The highest BCUT2D eigenvalue weighted by molar-refractivity contribution is 6.33. The van der Waals surface area contributed by atoms with E-state index in [2.05, 4.69) is 20.8 Å². The standard InChI is InChI=1S/C17H12ClFN4O/c18-13-3-1-2-4-14(13)21-16-10-9-15(22-23-16)17(24)20-12-7-5-11(19)6-8-12/h1-10H,(H,20,24)(H,21,23). The number of amides is 1. The Morgan fingerprint density at radius 3 is 2.38 bits per heavy atom. The molecule has 0 saturated heterocycles. The number of halogens is 2. The van der Waals surface area contributed by atoms with E-state index < -0.39 is 5.91 Å². The highest BCUT2D eigenvalue weighted by Crippen LogP contribution is 2.23. The van der Waals surface area contributed by atoms with Gasteiger partial charge in [-0.2, -0.15) is 0 Å². The fourth-order valence-corrected chi connectivity index (χ4v) is 2.13. The van der Waals surface area contributed by atoms with Crippen LogP contribution < -0.4 is 10.6 Å². The van der Waals surface area contributed by atoms with Crippen molar-refractivity contribution >= 4 is 34.7 Å². The lowest BCUT2D eigenvalue weighted by atomic mass is 10.3. The van der Waals surface area contributed by atoms with Crippen LogP contribution in [0.5, 0.6) is 0 Å². The Hall–Kier alpha value is -2.99. The Kier molecular flexibility index (Phi) is 4.67. The van der Waals surface area contributed by atoms with Crippen molar-refractivity contribution < 1.29 is 9.18 Å². The minimum absolute atomic E-state index is 0.143. The number of nitrogens with zero attached hydrogens (tertiary/aromatic N) is 2. The van der Waals surface area contributed by atoms with Gasteiger partial charge in [0.25, 0.3) is 5.91 Å². The molecule has 7 heteroatoms. The zero-order chi connectivity index (χ0) is 16.9. The minimum Gasteiger partial charge on any atom is -0.338 e. The SMILES string of the molecule is O=C(Nc1ccc(F)cc1)c1ccc(Nc2ccccc2Cl)nn1. The first-order chi connectivity index (χ1) is 11.6. The molecule has 0 unspecified atom stereocenters. The van der Waals surface area contributed by atoms with Gasteiger partial charge >= 0.3 is 0 Å². The molecule has 2 N–H and O–H groups in total. The Bertz CT molecular complexity index is 853. The number of carbonyl (C=O) groups is 1. The van der Waals surface area contributed by atoms with Crippen LogP contribution in [0.2, 0.25) is 5.02 Å². The van der Waals surface area contributed by atoms with Crippen LogP contribution >= 0.6 is 11.6 Å². The summed E-state index contributed by atoms with van der Waals surface area (Å²) in [5.41, 5.74) is 1.31. The number of carbonyl (C=O) groups excluding carboxylic acids is 1. The zero-order valence-corrected chi connectivity index (χ0v) is 13.1. The molecule has 0 spiro atoms. The monoisotopic (exact) mass is 342 g/mol. The van der Waals surface area contributed by atoms with Crippen molar-refractivity contribution in [1.82, 2.24) is 10.2 Å². The molecule has 2 aromatic carbocycles. The van der Waals surface area contributed by atoms with E-state index in [1.54, 1.807) is 18.2 Å². The lowest BCUT2D eigenvalue weighted by molar-refractivity contribution is 0.102. The summed E-state index contributed by atoms with van der Waals surface area (Å²) in [6, 6.07) is 15.8. The first kappa shape index (κ1) is 15.9. The number of para-hydroxylation sites is 1. The van der Waals surface area contributed by atoms with Crippen LogP contribution in [0.25, 0.3) is 0 Å². The van der Waals surface area contributed by atoms with Crippen LogP contribution in [0.4, 0.5) is 21.6 Å². The summed E-state index contributed by atoms with van der Waals surface area (Å²) in [4.78, 5) is 12.1. The molecule has 0 aliphatic heterocycles. The predicted octanol–water partition coefficient (Wildman–Crippen LogP) is 4.27. The predicted molar refractivity (Wildman–Crippen MR) is 91.1 cm³/mol. The third-order valence-electron chi connectivity index (χ3n) is 3.14. The number of hydrogen-bond donors (Lipinski definition) is 2. The van der Waals surface area contributed by atoms with E-state index in [-0.39, 0.29) is 11.5 Å². The number of benzene rings is 2. The van der Waals surface area contributed by atoms with Crippen LogP contribution in [0.15, 0.2) is 60.7 Å². The van der Waals surface area contributed by atoms with Crippen LogP contribution in [0.1, 0.15) is 10.5 Å². The molecule has 1 heterocycles. The van der Waals surface area contributed by atoms with Crippen molar-refractivity contribution in [3.63, 3.8) is 0 Å². The molecule has 0 aliphatic rings. The number of aromatic nitrogens is 2. The second kappa shape index (κ2) is 7.06. The van der Waals surface area contributed by atoms with Crippen molar-refractivity contribution in [1.29, 1.82) is 0 Å². The van der Waals surface area contributed by atoms with Crippen LogP contribution in [-0.2, 0) is 0 Å². The lowest BCUT2D eigenvalue weighted by Crippen LogP contribution is -2.14. The summed E-state index contributed by atoms with van der Waals surface area (Å²) in [5, 5.41) is 14.0. The summed E-state index contributed by atoms with van der Waals surface area (Å²) >= 11 is 6.06. The largest absolute Gasteiger partial charge is 0.338 e. The molecule has 3 rings (SSSR count). The van der Waals surface area contributed by atoms with Crippen molar-refractivity contribution in [2.45, 2.75) is 0 Å². The van der Waals surface area contributed by atoms with Crippen LogP contribution in [0, 0.1) is 5.82 Å². The molecule has 1 amide bonds. The normalized spacial score (nSPS) is 10.2. The van der Waals surface area contributed by atoms with E-state index in [0.29, 0.717) is 22.2 Å². The quantitative estimate of drug-likeness (QED) is 0.743. The molecule has 0 saturated carbocycles. The topological polar surface area (TPSA) is 66.9 Å². The molecule has 5 nitrogen and oxygen atoms in total. The molecular formula is C17H12ClFN4O. The number of anilines is 3. The highest BCUT2D eigenvalue weighted by Gasteiger charge is 2.09. The summed E-state index contributed by atoms with van der Waals surface area (Å²) < 4.78 is 12.8. The van der Waals surface area contributed by atoms with Gasteiger partial charge in [-0.05, 0) is 48.5 Å². The zero-order valence-electron chi connectivity index (χ0n) is 12.3. The molecule has 120 valence electrons. The molecule has 0 fully saturated rings. The average molecular weight is 343 g/mol. The smallest absolute Gasteiger partial charge is 0.276 e. The number of hydrogen-bond acceptors (Lipinski definition) is 4. The van der Waals surface area contributed by atoms with Gasteiger partial charge in [-0.25, -0.2) is 4.39 Å².